The molecule has 0 bridgehead atoms. The summed E-state index contributed by atoms with van der Waals surface area (Å²) in [4.78, 5) is 8.70. The molecule has 11 heteroatoms. The van der Waals surface area contributed by atoms with Crippen LogP contribution in [-0.4, -0.2) is 76.2 Å². The number of nitrogens with zero attached hydrogens (tertiary/aromatic N) is 4. The van der Waals surface area contributed by atoms with E-state index in [1.54, 1.807) is 23.0 Å². The molecule has 0 radical (unpaired) electrons. The zero-order valence-corrected chi connectivity index (χ0v) is 16.9. The van der Waals surface area contributed by atoms with E-state index in [-0.39, 0.29) is 25.5 Å². The molecule has 1 aliphatic carbocycles. The number of piperidine rings is 1. The van der Waals surface area contributed by atoms with Crippen LogP contribution in [0.3, 0.4) is 0 Å². The lowest BCUT2D eigenvalue weighted by Gasteiger charge is -2.33. The first-order chi connectivity index (χ1) is 13.7. The van der Waals surface area contributed by atoms with Crippen LogP contribution in [0.25, 0.3) is 11.0 Å². The van der Waals surface area contributed by atoms with Gasteiger partial charge in [0.1, 0.15) is 18.0 Å². The number of alkyl halides is 2. The maximum Gasteiger partial charge on any atom is 0.224 e. The number of fused-ring (bicyclic) bond motifs is 1. The number of hydrogen-bond donors (Lipinski definition) is 2. The summed E-state index contributed by atoms with van der Waals surface area (Å²) in [7, 11) is -3.43. The Balaban J connectivity index is 1.52. The summed E-state index contributed by atoms with van der Waals surface area (Å²) in [5.41, 5.74) is 0.551. The molecule has 3 heterocycles. The molecule has 2 aromatic rings. The van der Waals surface area contributed by atoms with Gasteiger partial charge in [0, 0.05) is 37.3 Å². The molecule has 2 N–H and O–H groups in total. The fourth-order valence-electron chi connectivity index (χ4n) is 4.17. The highest BCUT2D eigenvalue weighted by atomic mass is 32.2. The highest BCUT2D eigenvalue weighted by molar-refractivity contribution is 7.88. The van der Waals surface area contributed by atoms with E-state index in [0.29, 0.717) is 24.9 Å². The van der Waals surface area contributed by atoms with Gasteiger partial charge in [-0.05, 0) is 25.3 Å². The van der Waals surface area contributed by atoms with Crippen molar-refractivity contribution in [3.8, 4) is 0 Å². The summed E-state index contributed by atoms with van der Waals surface area (Å²) >= 11 is 0. The van der Waals surface area contributed by atoms with Gasteiger partial charge in [-0.15, -0.1) is 0 Å². The first kappa shape index (κ1) is 20.4. The number of rotatable bonds is 4. The van der Waals surface area contributed by atoms with Gasteiger partial charge in [-0.1, -0.05) is 0 Å². The minimum absolute atomic E-state index is 0.100. The largest absolute Gasteiger partial charge is 0.393 e. The van der Waals surface area contributed by atoms with Crippen molar-refractivity contribution in [3.63, 3.8) is 0 Å². The molecular formula is C18H25F2N5O3S. The molecule has 0 amide bonds. The van der Waals surface area contributed by atoms with E-state index >= 15 is 0 Å². The van der Waals surface area contributed by atoms with Crippen molar-refractivity contribution < 1.29 is 22.3 Å². The average Bonchev–Trinajstić information content (AvgIpc) is 3.05. The van der Waals surface area contributed by atoms with E-state index in [1.165, 1.54) is 0 Å². The Morgan fingerprint density at radius 1 is 1.24 bits per heavy atom. The number of sulfonamides is 1. The molecule has 1 aliphatic heterocycles. The Hall–Kier alpha value is -1.85. The number of nitrogens with one attached hydrogen (secondary N) is 1. The third-order valence-corrected chi connectivity index (χ3v) is 7.08. The monoisotopic (exact) mass is 429 g/mol. The molecule has 2 aromatic heterocycles. The molecule has 4 rings (SSSR count). The van der Waals surface area contributed by atoms with E-state index < -0.39 is 40.6 Å². The van der Waals surface area contributed by atoms with E-state index in [9.17, 15) is 22.3 Å². The highest BCUT2D eigenvalue weighted by Gasteiger charge is 2.34. The predicted molar refractivity (Wildman–Crippen MR) is 105 cm³/mol. The summed E-state index contributed by atoms with van der Waals surface area (Å²) < 4.78 is 55.1. The Bertz CT molecular complexity index is 985. The Kier molecular flexibility index (Phi) is 5.47. The van der Waals surface area contributed by atoms with Gasteiger partial charge < -0.3 is 15.0 Å². The Morgan fingerprint density at radius 3 is 2.72 bits per heavy atom. The lowest BCUT2D eigenvalue weighted by Crippen LogP contribution is -2.49. The van der Waals surface area contributed by atoms with Gasteiger partial charge in [0.2, 0.25) is 16.0 Å². The van der Waals surface area contributed by atoms with Crippen LogP contribution < -0.4 is 5.32 Å². The zero-order valence-electron chi connectivity index (χ0n) is 16.1. The summed E-state index contributed by atoms with van der Waals surface area (Å²) in [5, 5.41) is 13.4. The molecule has 2 fully saturated rings. The molecule has 160 valence electrons. The van der Waals surface area contributed by atoms with Crippen molar-refractivity contribution in [1.82, 2.24) is 18.8 Å². The van der Waals surface area contributed by atoms with E-state index in [1.807, 2.05) is 0 Å². The standard InChI is InChI=1S/C18H25F2N5O3S/c1-29(27,28)24-6-5-15(14(20)10-24)22-18-21-9-11-4-7-25(17(11)23-18)16-3-2-12(26)8-13(16)19/h4,7,9,12-16,26H,2-3,5-6,8,10H2,1H3,(H,21,22,23)/t12-,13+,14+,15+,16+/m0/s1. The van der Waals surface area contributed by atoms with Crippen molar-refractivity contribution in [1.29, 1.82) is 0 Å². The Labute approximate surface area is 168 Å². The topological polar surface area (TPSA) is 100 Å². The van der Waals surface area contributed by atoms with Crippen LogP contribution in [0.4, 0.5) is 14.7 Å². The van der Waals surface area contributed by atoms with Gasteiger partial charge in [0.05, 0.1) is 24.4 Å². The summed E-state index contributed by atoms with van der Waals surface area (Å²) in [6.07, 6.45) is 2.70. The zero-order chi connectivity index (χ0) is 20.8. The number of aromatic nitrogens is 3. The molecule has 5 atom stereocenters. The van der Waals surface area contributed by atoms with Crippen molar-refractivity contribution in [2.45, 2.75) is 56.2 Å². The van der Waals surface area contributed by atoms with Crippen molar-refractivity contribution >= 4 is 27.0 Å². The first-order valence-electron chi connectivity index (χ1n) is 9.74. The van der Waals surface area contributed by atoms with Gasteiger partial charge in [-0.25, -0.2) is 22.2 Å². The number of aliphatic hydroxyl groups excluding tert-OH is 1. The normalized spacial score (nSPS) is 31.8. The number of hydrogen-bond acceptors (Lipinski definition) is 6. The van der Waals surface area contributed by atoms with Gasteiger partial charge in [0.15, 0.2) is 0 Å². The summed E-state index contributed by atoms with van der Waals surface area (Å²) in [6, 6.07) is 0.789. The summed E-state index contributed by atoms with van der Waals surface area (Å²) in [6.45, 7) is 0.0204. The van der Waals surface area contributed by atoms with Crippen LogP contribution in [0.15, 0.2) is 18.5 Å². The van der Waals surface area contributed by atoms with Gasteiger partial charge in [-0.2, -0.15) is 9.29 Å². The molecule has 1 saturated heterocycles. The minimum atomic E-state index is -3.43. The second-order valence-corrected chi connectivity index (χ2v) is 9.90. The SMILES string of the molecule is CS(=O)(=O)N1CC[C@@H](Nc2ncc3ccn([C@@H]4CC[C@H](O)C[C@H]4F)c3n2)[C@H](F)C1. The third kappa shape index (κ3) is 4.22. The van der Waals surface area contributed by atoms with Gasteiger partial charge in [-0.3, -0.25) is 0 Å². The van der Waals surface area contributed by atoms with E-state index in [2.05, 4.69) is 15.3 Å². The second-order valence-electron chi connectivity index (χ2n) is 7.92. The lowest BCUT2D eigenvalue weighted by atomic mass is 9.91. The van der Waals surface area contributed by atoms with Crippen LogP contribution in [0.1, 0.15) is 31.7 Å². The molecule has 29 heavy (non-hydrogen) atoms. The van der Waals surface area contributed by atoms with Crippen molar-refractivity contribution in [3.05, 3.63) is 18.5 Å². The maximum absolute atomic E-state index is 14.5. The fourth-order valence-corrected chi connectivity index (χ4v) is 5.02. The molecule has 2 aliphatic rings. The fraction of sp³-hybridized carbons (Fsp3) is 0.667. The highest BCUT2D eigenvalue weighted by Crippen LogP contribution is 2.33. The maximum atomic E-state index is 14.5. The molecule has 0 spiro atoms. The van der Waals surface area contributed by atoms with Crippen LogP contribution in [0.5, 0.6) is 0 Å². The van der Waals surface area contributed by atoms with Crippen LogP contribution >= 0.6 is 0 Å². The second kappa shape index (κ2) is 7.77. The molecule has 1 saturated carbocycles. The minimum Gasteiger partial charge on any atom is -0.393 e. The summed E-state index contributed by atoms with van der Waals surface area (Å²) in [5.74, 6) is 0.226. The predicted octanol–water partition coefficient (Wildman–Crippen LogP) is 1.64. The van der Waals surface area contributed by atoms with Crippen molar-refractivity contribution in [2.75, 3.05) is 24.7 Å². The molecule has 0 aromatic carbocycles. The Morgan fingerprint density at radius 2 is 2.03 bits per heavy atom. The van der Waals surface area contributed by atoms with Crippen LogP contribution in [0, 0.1) is 0 Å². The quantitative estimate of drug-likeness (QED) is 0.767. The molecule has 8 nitrogen and oxygen atoms in total. The van der Waals surface area contributed by atoms with Crippen molar-refractivity contribution in [2.24, 2.45) is 0 Å². The number of anilines is 1. The average molecular weight is 429 g/mol. The number of halogens is 2. The van der Waals surface area contributed by atoms with Gasteiger partial charge in [0.25, 0.3) is 0 Å². The molecular weight excluding hydrogens is 404 g/mol. The first-order valence-corrected chi connectivity index (χ1v) is 11.6. The van der Waals surface area contributed by atoms with E-state index in [0.717, 1.165) is 15.9 Å². The number of aliphatic hydroxyl groups is 1. The lowest BCUT2D eigenvalue weighted by molar-refractivity contribution is 0.0534. The van der Waals surface area contributed by atoms with Gasteiger partial charge >= 0.3 is 0 Å². The third-order valence-electron chi connectivity index (χ3n) is 5.81. The van der Waals surface area contributed by atoms with E-state index in [4.69, 9.17) is 0 Å². The van der Waals surface area contributed by atoms with Crippen LogP contribution in [0.2, 0.25) is 0 Å². The smallest absolute Gasteiger partial charge is 0.224 e. The molecule has 0 unspecified atom stereocenters. The van der Waals surface area contributed by atoms with Crippen LogP contribution in [-0.2, 0) is 10.0 Å².